The Balaban J connectivity index is 2.04. The van der Waals surface area contributed by atoms with Crippen molar-refractivity contribution in [3.05, 3.63) is 27.4 Å². The van der Waals surface area contributed by atoms with E-state index in [1.54, 1.807) is 0 Å². The fraction of sp³-hybridized carbons (Fsp3) is 0.556. The van der Waals surface area contributed by atoms with Gasteiger partial charge in [-0.3, -0.25) is 14.1 Å². The molecular weight excluding hydrogens is 564 g/mol. The van der Waals surface area contributed by atoms with Crippen molar-refractivity contribution in [1.82, 2.24) is 9.55 Å². The number of aromatic amines is 1. The molecule has 33 heavy (non-hydrogen) atoms. The summed E-state index contributed by atoms with van der Waals surface area (Å²) in [5, 5.41) is 20.1. The van der Waals surface area contributed by atoms with Gasteiger partial charge in [-0.25, -0.2) is 23.1 Å². The Morgan fingerprint density at radius 2 is 1.52 bits per heavy atom. The first-order chi connectivity index (χ1) is 14.8. The number of nitrogens with zero attached hydrogens (tertiary/aromatic N) is 1. The first-order valence-electron chi connectivity index (χ1n) is 7.96. The van der Waals surface area contributed by atoms with Crippen molar-refractivity contribution in [2.75, 3.05) is 6.61 Å². The molecule has 3 unspecified atom stereocenters. The van der Waals surface area contributed by atoms with Crippen LogP contribution in [0.2, 0.25) is 0 Å². The van der Waals surface area contributed by atoms with Crippen molar-refractivity contribution in [1.29, 1.82) is 0 Å². The van der Waals surface area contributed by atoms with Crippen molar-refractivity contribution in [3.8, 4) is 0 Å². The van der Waals surface area contributed by atoms with Gasteiger partial charge in [-0.2, -0.15) is 12.9 Å². The average Bonchev–Trinajstić information content (AvgIpc) is 2.84. The molecule has 0 aromatic carbocycles. The number of hydrogen-bond acceptors (Lipinski definition) is 13. The minimum Gasteiger partial charge on any atom is -0.387 e. The fourth-order valence-corrected chi connectivity index (χ4v) is 6.95. The Labute approximate surface area is 187 Å². The number of phosphoric acid groups is 4. The molecule has 7 atom stereocenters. The van der Waals surface area contributed by atoms with E-state index >= 15 is 0 Å². The quantitative estimate of drug-likeness (QED) is 0.121. The van der Waals surface area contributed by atoms with Crippen LogP contribution in [0.4, 0.5) is 0 Å². The largest absolute Gasteiger partial charge is 0.490 e. The lowest BCUT2D eigenvalue weighted by molar-refractivity contribution is -0.0542. The fourth-order valence-electron chi connectivity index (χ4n) is 2.34. The highest BCUT2D eigenvalue weighted by Crippen LogP contribution is 2.70. The zero-order valence-electron chi connectivity index (χ0n) is 15.5. The van der Waals surface area contributed by atoms with Gasteiger partial charge in [0, 0.05) is 6.20 Å². The number of nitrogens with one attached hydrogen (secondary N) is 1. The summed E-state index contributed by atoms with van der Waals surface area (Å²) in [6, 6.07) is 1.26. The molecule has 0 radical (unpaired) electrons. The number of rotatable bonds is 10. The molecule has 0 spiro atoms. The van der Waals surface area contributed by atoms with Gasteiger partial charge in [0.2, 0.25) is 0 Å². The van der Waals surface area contributed by atoms with Crippen LogP contribution >= 0.6 is 43.5 Å². The standard InChI is InChI=1S/C9H16N2O17P4S/c12-6-4(25-8(7(6)13)11-2-1-5(33)10-9(11)14)3-24-30(18,19)27-32(22,23)28-31(20,21)26-29(15,16)17/h1-2,4,6-8,12-13H,3H2,(H,18,19)(H,20,21)(H,22,23)(H,10,14,33)(H2,15,16,17)/t4-,6-,7-,8-/m1/s1. The van der Waals surface area contributed by atoms with Crippen LogP contribution in [-0.2, 0) is 40.5 Å². The van der Waals surface area contributed by atoms with E-state index in [0.717, 1.165) is 10.8 Å². The highest BCUT2D eigenvalue weighted by atomic mass is 32.1. The second-order valence-electron chi connectivity index (χ2n) is 6.00. The third kappa shape index (κ3) is 8.61. The molecule has 1 aromatic heterocycles. The molecule has 8 N–H and O–H groups in total. The van der Waals surface area contributed by atoms with Crippen molar-refractivity contribution in [3.63, 3.8) is 0 Å². The Bertz CT molecular complexity index is 1180. The molecule has 0 saturated carbocycles. The molecule has 0 amide bonds. The van der Waals surface area contributed by atoms with E-state index in [0.29, 0.717) is 0 Å². The minimum absolute atomic E-state index is 0.0526. The minimum atomic E-state index is -6.01. The topological polar surface area (TPSA) is 294 Å². The molecule has 1 aliphatic rings. The second-order valence-corrected chi connectivity index (χ2v) is 12.5. The van der Waals surface area contributed by atoms with Gasteiger partial charge in [0.05, 0.1) is 6.61 Å². The molecule has 1 fully saturated rings. The summed E-state index contributed by atoms with van der Waals surface area (Å²) in [7, 11) is -23.3. The maximum atomic E-state index is 11.9. The summed E-state index contributed by atoms with van der Waals surface area (Å²) in [5.74, 6) is 0. The van der Waals surface area contributed by atoms with E-state index in [1.165, 1.54) is 6.07 Å². The number of aromatic nitrogens is 2. The summed E-state index contributed by atoms with van der Waals surface area (Å²) in [6.45, 7) is -1.10. The van der Waals surface area contributed by atoms with Crippen LogP contribution in [0, 0.1) is 4.64 Å². The Morgan fingerprint density at radius 3 is 2.06 bits per heavy atom. The zero-order chi connectivity index (χ0) is 25.4. The molecule has 2 rings (SSSR count). The number of aliphatic hydroxyl groups is 2. The van der Waals surface area contributed by atoms with Crippen LogP contribution in [0.1, 0.15) is 6.23 Å². The first kappa shape index (κ1) is 28.8. The van der Waals surface area contributed by atoms with E-state index in [2.05, 4.69) is 22.4 Å². The summed E-state index contributed by atoms with van der Waals surface area (Å²) >= 11 is 4.75. The lowest BCUT2D eigenvalue weighted by atomic mass is 10.1. The molecule has 1 aromatic rings. The molecule has 19 nitrogen and oxygen atoms in total. The maximum absolute atomic E-state index is 11.9. The van der Waals surface area contributed by atoms with Gasteiger partial charge in [-0.15, -0.1) is 0 Å². The number of H-pyrrole nitrogens is 1. The van der Waals surface area contributed by atoms with Crippen LogP contribution in [0.25, 0.3) is 0 Å². The Hall–Kier alpha value is -0.460. The predicted octanol–water partition coefficient (Wildman–Crippen LogP) is -1.01. The van der Waals surface area contributed by atoms with Crippen molar-refractivity contribution in [2.24, 2.45) is 0 Å². The van der Waals surface area contributed by atoms with Gasteiger partial charge in [-0.05, 0) is 6.07 Å². The van der Waals surface area contributed by atoms with Gasteiger partial charge in [-0.1, -0.05) is 12.2 Å². The lowest BCUT2D eigenvalue weighted by Crippen LogP contribution is -2.36. The maximum Gasteiger partial charge on any atom is 0.490 e. The molecule has 2 heterocycles. The summed E-state index contributed by atoms with van der Waals surface area (Å²) in [6.07, 6.45) is -5.56. The van der Waals surface area contributed by atoms with Crippen molar-refractivity contribution in [2.45, 2.75) is 24.5 Å². The summed E-state index contributed by atoms with van der Waals surface area (Å²) < 4.78 is 66.0. The molecule has 1 aliphatic heterocycles. The van der Waals surface area contributed by atoms with Crippen molar-refractivity contribution < 1.29 is 75.1 Å². The molecular formula is C9H16N2O17P4S. The summed E-state index contributed by atoms with van der Waals surface area (Å²) in [5.41, 5.74) is -0.833. The molecule has 0 aliphatic carbocycles. The SMILES string of the molecule is O=c1[nH]c(=S)ccn1[C@@H]1O[C@H](COP(=O)(O)OP(=O)(O)OP(=O)(O)OP(=O)(O)O)[C@@H](O)[C@H]1O. The third-order valence-corrected chi connectivity index (χ3v) is 9.18. The van der Waals surface area contributed by atoms with Crippen LogP contribution in [-0.4, -0.2) is 69.1 Å². The van der Waals surface area contributed by atoms with Gasteiger partial charge < -0.3 is 39.4 Å². The average molecular weight is 580 g/mol. The van der Waals surface area contributed by atoms with Gasteiger partial charge in [0.15, 0.2) is 6.23 Å². The van der Waals surface area contributed by atoms with Gasteiger partial charge in [0.1, 0.15) is 23.0 Å². The zero-order valence-corrected chi connectivity index (χ0v) is 19.9. The van der Waals surface area contributed by atoms with Crippen molar-refractivity contribution >= 4 is 43.5 Å². The second kappa shape index (κ2) is 10.3. The molecule has 1 saturated heterocycles. The Morgan fingerprint density at radius 1 is 0.970 bits per heavy atom. The van der Waals surface area contributed by atoms with Crippen LogP contribution < -0.4 is 5.69 Å². The highest BCUT2D eigenvalue weighted by molar-refractivity contribution is 7.71. The van der Waals surface area contributed by atoms with E-state index in [4.69, 9.17) is 31.6 Å². The lowest BCUT2D eigenvalue weighted by Gasteiger charge is -2.20. The molecule has 24 heteroatoms. The van der Waals surface area contributed by atoms with E-state index in [-0.39, 0.29) is 4.64 Å². The first-order valence-corrected chi connectivity index (χ1v) is 14.4. The monoisotopic (exact) mass is 580 g/mol. The van der Waals surface area contributed by atoms with Gasteiger partial charge in [0.25, 0.3) is 0 Å². The van der Waals surface area contributed by atoms with Crippen LogP contribution in [0.5, 0.6) is 0 Å². The molecule has 0 bridgehead atoms. The number of phosphoric ester groups is 1. The third-order valence-electron chi connectivity index (χ3n) is 3.49. The number of hydrogen-bond donors (Lipinski definition) is 8. The normalized spacial score (nSPS) is 29.2. The van der Waals surface area contributed by atoms with E-state index in [1.807, 2.05) is 0 Å². The predicted molar refractivity (Wildman–Crippen MR) is 103 cm³/mol. The number of ether oxygens (including phenoxy) is 1. The highest BCUT2D eigenvalue weighted by Gasteiger charge is 2.48. The molecule has 190 valence electrons. The van der Waals surface area contributed by atoms with E-state index in [9.17, 15) is 43.1 Å². The van der Waals surface area contributed by atoms with Crippen LogP contribution in [0.15, 0.2) is 17.1 Å². The number of aliphatic hydroxyl groups excluding tert-OH is 2. The van der Waals surface area contributed by atoms with Crippen LogP contribution in [0.3, 0.4) is 0 Å². The summed E-state index contributed by atoms with van der Waals surface area (Å²) in [4.78, 5) is 58.8. The van der Waals surface area contributed by atoms with Gasteiger partial charge >= 0.3 is 37.0 Å². The van der Waals surface area contributed by atoms with E-state index < -0.39 is 68.1 Å². The smallest absolute Gasteiger partial charge is 0.387 e. The Kier molecular flexibility index (Phi) is 8.95.